The van der Waals surface area contributed by atoms with Crippen LogP contribution in [0, 0.1) is 5.21 Å². The van der Waals surface area contributed by atoms with Gasteiger partial charge in [-0.05, 0) is 18.5 Å². The van der Waals surface area contributed by atoms with E-state index in [1.165, 1.54) is 0 Å². The van der Waals surface area contributed by atoms with Gasteiger partial charge in [-0.3, -0.25) is 4.79 Å². The van der Waals surface area contributed by atoms with Crippen molar-refractivity contribution in [3.63, 3.8) is 0 Å². The van der Waals surface area contributed by atoms with Crippen LogP contribution in [0.25, 0.3) is 0 Å². The standard InChI is InChI=1S/C6H13NO5P/c1-2-6(13(10,11)12)3-4-7(9)5-8/h5-6H,2-4H2,1H3,(H2,10,11,12)/q-1/p-2. The Kier molecular flexibility index (Phi) is 5.17. The van der Waals surface area contributed by atoms with E-state index in [4.69, 9.17) is 0 Å². The number of hydrogen-bond acceptors (Lipinski definition) is 5. The number of amides is 1. The first-order valence-electron chi connectivity index (χ1n) is 3.82. The second kappa shape index (κ2) is 5.34. The van der Waals surface area contributed by atoms with Crippen molar-refractivity contribution >= 4 is 14.0 Å². The van der Waals surface area contributed by atoms with Gasteiger partial charge in [-0.1, -0.05) is 14.5 Å². The molecule has 6 nitrogen and oxygen atoms in total. The van der Waals surface area contributed by atoms with Crippen LogP contribution in [-0.2, 0) is 9.36 Å². The molecule has 1 unspecified atom stereocenters. The number of rotatable bonds is 6. The number of carbonyl (C=O) groups is 1. The molecule has 0 heterocycles. The molecule has 0 aliphatic rings. The van der Waals surface area contributed by atoms with E-state index in [1.54, 1.807) is 6.92 Å². The zero-order valence-electron chi connectivity index (χ0n) is 7.21. The van der Waals surface area contributed by atoms with Crippen LogP contribution in [0.5, 0.6) is 0 Å². The molecule has 0 spiro atoms. The predicted octanol–water partition coefficient (Wildman–Crippen LogP) is -0.975. The smallest absolute Gasteiger partial charge is 0.199 e. The summed E-state index contributed by atoms with van der Waals surface area (Å²) in [4.78, 5) is 30.9. The molecule has 7 heteroatoms. The first kappa shape index (κ1) is 12.6. The Morgan fingerprint density at radius 1 is 1.54 bits per heavy atom. The van der Waals surface area contributed by atoms with Crippen molar-refractivity contribution in [1.29, 1.82) is 0 Å². The number of hydroxylamine groups is 2. The molecule has 0 aromatic carbocycles. The van der Waals surface area contributed by atoms with Crippen LogP contribution in [0.15, 0.2) is 0 Å². The summed E-state index contributed by atoms with van der Waals surface area (Å²) in [6, 6.07) is 0. The van der Waals surface area contributed by atoms with Crippen molar-refractivity contribution < 1.29 is 19.1 Å². The van der Waals surface area contributed by atoms with Gasteiger partial charge in [-0.15, -0.1) is 0 Å². The molecule has 0 saturated heterocycles. The summed E-state index contributed by atoms with van der Waals surface area (Å²) < 4.78 is 10.5. The third-order valence-electron chi connectivity index (χ3n) is 1.72. The number of hydrogen-bond donors (Lipinski definition) is 0. The molecule has 1 atom stereocenters. The molecule has 0 saturated carbocycles. The molecule has 0 fully saturated rings. The average Bonchev–Trinajstić information content (AvgIpc) is 2.02. The van der Waals surface area contributed by atoms with E-state index in [2.05, 4.69) is 0 Å². The molecule has 1 amide bonds. The first-order chi connectivity index (χ1) is 5.91. The van der Waals surface area contributed by atoms with Crippen LogP contribution < -0.4 is 9.79 Å². The Labute approximate surface area is 76.3 Å². The highest BCUT2D eigenvalue weighted by Crippen LogP contribution is 2.35. The molecule has 0 aromatic heterocycles. The molecule has 0 radical (unpaired) electrons. The van der Waals surface area contributed by atoms with Gasteiger partial charge in [0.05, 0.1) is 0 Å². The summed E-state index contributed by atoms with van der Waals surface area (Å²) in [5.74, 6) is 0. The van der Waals surface area contributed by atoms with Crippen LogP contribution in [0.1, 0.15) is 19.8 Å². The Hall–Kier alpha value is -0.420. The lowest BCUT2D eigenvalue weighted by Crippen LogP contribution is -2.29. The summed E-state index contributed by atoms with van der Waals surface area (Å²) in [5, 5.41) is 10.5. The SMILES string of the molecule is CCC(CCN([O-])C=O)P(=O)([O-])[O-]. The molecule has 0 aromatic rings. The van der Waals surface area contributed by atoms with Crippen molar-refractivity contribution in [2.24, 2.45) is 0 Å². The van der Waals surface area contributed by atoms with Crippen molar-refractivity contribution in [3.8, 4) is 0 Å². The highest BCUT2D eigenvalue weighted by atomic mass is 31.2. The second-order valence-corrected chi connectivity index (χ2v) is 4.45. The maximum absolute atomic E-state index is 10.5. The highest BCUT2D eigenvalue weighted by molar-refractivity contribution is 7.49. The molecular weight excluding hydrogens is 197 g/mol. The van der Waals surface area contributed by atoms with Crippen molar-refractivity contribution in [1.82, 2.24) is 5.06 Å². The zero-order valence-corrected chi connectivity index (χ0v) is 8.11. The second-order valence-electron chi connectivity index (χ2n) is 2.64. The summed E-state index contributed by atoms with van der Waals surface area (Å²) >= 11 is 0. The minimum atomic E-state index is -4.62. The van der Waals surface area contributed by atoms with Crippen molar-refractivity contribution in [2.75, 3.05) is 6.54 Å². The minimum Gasteiger partial charge on any atom is -0.811 e. The Bertz CT molecular complexity index is 203. The minimum absolute atomic E-state index is 0.0489. The van der Waals surface area contributed by atoms with Gasteiger partial charge in [-0.25, -0.2) is 0 Å². The average molecular weight is 208 g/mol. The highest BCUT2D eigenvalue weighted by Gasteiger charge is 2.09. The number of carbonyl (C=O) groups excluding carboxylic acids is 1. The van der Waals surface area contributed by atoms with Gasteiger partial charge in [0.2, 0.25) is 0 Å². The number of nitrogens with zero attached hydrogens (tertiary/aromatic N) is 1. The van der Waals surface area contributed by atoms with E-state index in [-0.39, 0.29) is 30.9 Å². The quantitative estimate of drug-likeness (QED) is 0.317. The van der Waals surface area contributed by atoms with Crippen LogP contribution in [0.2, 0.25) is 0 Å². The van der Waals surface area contributed by atoms with Gasteiger partial charge >= 0.3 is 0 Å². The fourth-order valence-corrected chi connectivity index (χ4v) is 1.79. The van der Waals surface area contributed by atoms with E-state index < -0.39 is 13.3 Å². The van der Waals surface area contributed by atoms with Crippen LogP contribution >= 0.6 is 7.60 Å². The van der Waals surface area contributed by atoms with Crippen LogP contribution in [0.4, 0.5) is 0 Å². The Morgan fingerprint density at radius 3 is 2.38 bits per heavy atom. The van der Waals surface area contributed by atoms with E-state index in [1.807, 2.05) is 0 Å². The molecular formula is C6H11NO5P-3. The molecule has 78 valence electrons. The third-order valence-corrected chi connectivity index (χ3v) is 3.24. The zero-order chi connectivity index (χ0) is 10.5. The van der Waals surface area contributed by atoms with Crippen LogP contribution in [-0.4, -0.2) is 23.7 Å². The van der Waals surface area contributed by atoms with Crippen LogP contribution in [0.3, 0.4) is 0 Å². The fraction of sp³-hybridized carbons (Fsp3) is 0.833. The fourth-order valence-electron chi connectivity index (χ4n) is 0.915. The van der Waals surface area contributed by atoms with Gasteiger partial charge in [-0.2, -0.15) is 0 Å². The van der Waals surface area contributed by atoms with Gasteiger partial charge in [0.15, 0.2) is 6.41 Å². The van der Waals surface area contributed by atoms with Gasteiger partial charge < -0.3 is 24.6 Å². The summed E-state index contributed by atoms with van der Waals surface area (Å²) in [6.45, 7) is 1.29. The molecule has 0 bridgehead atoms. The summed E-state index contributed by atoms with van der Waals surface area (Å²) in [6.07, 6.45) is 0.118. The predicted molar refractivity (Wildman–Crippen MR) is 42.4 cm³/mol. The lowest BCUT2D eigenvalue weighted by atomic mass is 10.2. The Morgan fingerprint density at radius 2 is 2.08 bits per heavy atom. The normalized spacial score (nSPS) is 13.8. The molecule has 0 rings (SSSR count). The van der Waals surface area contributed by atoms with Gasteiger partial charge in [0.25, 0.3) is 0 Å². The van der Waals surface area contributed by atoms with Gasteiger partial charge in [0, 0.05) is 6.54 Å². The summed E-state index contributed by atoms with van der Waals surface area (Å²) in [7, 11) is -4.62. The van der Waals surface area contributed by atoms with E-state index >= 15 is 0 Å². The van der Waals surface area contributed by atoms with E-state index in [0.29, 0.717) is 0 Å². The first-order valence-corrected chi connectivity index (χ1v) is 5.43. The van der Waals surface area contributed by atoms with Crippen molar-refractivity contribution in [2.45, 2.75) is 25.4 Å². The molecule has 0 N–H and O–H groups in total. The summed E-state index contributed by atoms with van der Waals surface area (Å²) in [5.41, 5.74) is -1.05. The van der Waals surface area contributed by atoms with Crippen molar-refractivity contribution in [3.05, 3.63) is 5.21 Å². The lowest BCUT2D eigenvalue weighted by molar-refractivity contribution is -0.316. The third kappa shape index (κ3) is 5.00. The maximum Gasteiger partial charge on any atom is 0.199 e. The largest absolute Gasteiger partial charge is 0.811 e. The van der Waals surface area contributed by atoms with Gasteiger partial charge in [0.1, 0.15) is 0 Å². The molecule has 0 aliphatic heterocycles. The Balaban J connectivity index is 4.00. The monoisotopic (exact) mass is 208 g/mol. The van der Waals surface area contributed by atoms with E-state index in [0.717, 1.165) is 0 Å². The molecule has 13 heavy (non-hydrogen) atoms. The topological polar surface area (TPSA) is 107 Å². The maximum atomic E-state index is 10.5. The van der Waals surface area contributed by atoms with E-state index in [9.17, 15) is 24.4 Å². The molecule has 0 aliphatic carbocycles. The lowest BCUT2D eigenvalue weighted by Gasteiger charge is -2.39.